The van der Waals surface area contributed by atoms with Crippen molar-refractivity contribution in [3.8, 4) is 0 Å². The van der Waals surface area contributed by atoms with Gasteiger partial charge in [-0.15, -0.1) is 0 Å². The molecule has 1 saturated heterocycles. The lowest BCUT2D eigenvalue weighted by Crippen LogP contribution is -2.48. The normalized spacial score (nSPS) is 19.6. The summed E-state index contributed by atoms with van der Waals surface area (Å²) in [5.41, 5.74) is 7.12. The minimum Gasteiger partial charge on any atom is -0.329 e. The molecule has 1 unspecified atom stereocenters. The number of likely N-dealkylation sites (N-methyl/N-ethyl adjacent to an activating group) is 1. The van der Waals surface area contributed by atoms with E-state index in [4.69, 9.17) is 17.3 Å². The van der Waals surface area contributed by atoms with E-state index in [9.17, 15) is 0 Å². The van der Waals surface area contributed by atoms with E-state index in [1.54, 1.807) is 0 Å². The molecule has 1 fully saturated rings. The highest BCUT2D eigenvalue weighted by atomic mass is 79.9. The first-order valence-corrected chi connectivity index (χ1v) is 7.94. The van der Waals surface area contributed by atoms with Crippen LogP contribution in [0, 0.1) is 0 Å². The van der Waals surface area contributed by atoms with Crippen LogP contribution >= 0.6 is 27.5 Å². The molecule has 1 aromatic carbocycles. The van der Waals surface area contributed by atoms with Crippen LogP contribution in [0.1, 0.15) is 18.5 Å². The summed E-state index contributed by atoms with van der Waals surface area (Å²) in [7, 11) is 0. The molecule has 5 heteroatoms. The number of hydrogen-bond donors (Lipinski definition) is 1. The van der Waals surface area contributed by atoms with E-state index in [0.717, 1.165) is 47.8 Å². The Kier molecular flexibility index (Phi) is 5.66. The monoisotopic (exact) mass is 345 g/mol. The number of benzene rings is 1. The van der Waals surface area contributed by atoms with Crippen LogP contribution in [0.15, 0.2) is 22.7 Å². The average Bonchev–Trinajstić information content (AvgIpc) is 2.42. The molecule has 1 aromatic rings. The molecule has 0 spiro atoms. The van der Waals surface area contributed by atoms with Crippen molar-refractivity contribution in [1.29, 1.82) is 0 Å². The molecule has 106 valence electrons. The number of piperazine rings is 1. The highest BCUT2D eigenvalue weighted by molar-refractivity contribution is 9.10. The molecule has 2 N–H and O–H groups in total. The zero-order valence-corrected chi connectivity index (χ0v) is 13.6. The Hall–Kier alpha value is -0.130. The molecule has 1 aliphatic heterocycles. The molecule has 3 nitrogen and oxygen atoms in total. The quantitative estimate of drug-likeness (QED) is 0.910. The number of hydrogen-bond acceptors (Lipinski definition) is 3. The van der Waals surface area contributed by atoms with E-state index in [1.807, 2.05) is 12.1 Å². The third-order valence-corrected chi connectivity index (χ3v) is 4.66. The highest BCUT2D eigenvalue weighted by Gasteiger charge is 2.24. The molecule has 1 heterocycles. The fourth-order valence-electron chi connectivity index (χ4n) is 2.64. The van der Waals surface area contributed by atoms with Gasteiger partial charge >= 0.3 is 0 Å². The van der Waals surface area contributed by atoms with Crippen molar-refractivity contribution < 1.29 is 0 Å². The van der Waals surface area contributed by atoms with Crippen LogP contribution < -0.4 is 5.73 Å². The van der Waals surface area contributed by atoms with Gasteiger partial charge < -0.3 is 10.6 Å². The van der Waals surface area contributed by atoms with Crippen molar-refractivity contribution in [3.63, 3.8) is 0 Å². The minimum atomic E-state index is 0.222. The number of rotatable bonds is 4. The molecule has 2 rings (SSSR count). The van der Waals surface area contributed by atoms with Crippen molar-refractivity contribution >= 4 is 27.5 Å². The molecule has 1 aliphatic rings. The first-order valence-electron chi connectivity index (χ1n) is 6.77. The predicted octanol–water partition coefficient (Wildman–Crippen LogP) is 2.74. The second-order valence-electron chi connectivity index (χ2n) is 4.89. The predicted molar refractivity (Wildman–Crippen MR) is 84.6 cm³/mol. The Bertz CT molecular complexity index is 419. The van der Waals surface area contributed by atoms with Gasteiger partial charge in [-0.1, -0.05) is 40.5 Å². The summed E-state index contributed by atoms with van der Waals surface area (Å²) in [6, 6.07) is 6.28. The fourth-order valence-corrected chi connectivity index (χ4v) is 3.44. The summed E-state index contributed by atoms with van der Waals surface area (Å²) in [6.07, 6.45) is 0. The van der Waals surface area contributed by atoms with Gasteiger partial charge in [0.1, 0.15) is 0 Å². The Morgan fingerprint density at radius 3 is 2.53 bits per heavy atom. The largest absolute Gasteiger partial charge is 0.329 e. The lowest BCUT2D eigenvalue weighted by Gasteiger charge is -2.39. The Balaban J connectivity index is 2.12. The van der Waals surface area contributed by atoms with Crippen LogP contribution in [0.3, 0.4) is 0 Å². The van der Waals surface area contributed by atoms with Gasteiger partial charge in [0.05, 0.1) is 0 Å². The maximum Gasteiger partial charge on any atom is 0.0486 e. The topological polar surface area (TPSA) is 32.5 Å². The van der Waals surface area contributed by atoms with Crippen molar-refractivity contribution in [2.75, 3.05) is 39.3 Å². The Labute approximate surface area is 128 Å². The van der Waals surface area contributed by atoms with Crippen molar-refractivity contribution in [2.45, 2.75) is 13.0 Å². The molecule has 0 saturated carbocycles. The Morgan fingerprint density at radius 1 is 1.32 bits per heavy atom. The van der Waals surface area contributed by atoms with Crippen molar-refractivity contribution in [2.24, 2.45) is 5.73 Å². The van der Waals surface area contributed by atoms with Crippen LogP contribution in [-0.4, -0.2) is 49.1 Å². The lowest BCUT2D eigenvalue weighted by molar-refractivity contribution is 0.102. The lowest BCUT2D eigenvalue weighted by atomic mass is 10.0. The first-order chi connectivity index (χ1) is 9.15. The van der Waals surface area contributed by atoms with Crippen LogP contribution in [-0.2, 0) is 0 Å². The zero-order valence-electron chi connectivity index (χ0n) is 11.3. The third-order valence-electron chi connectivity index (χ3n) is 3.84. The summed E-state index contributed by atoms with van der Waals surface area (Å²) >= 11 is 9.80. The second kappa shape index (κ2) is 7.04. The van der Waals surface area contributed by atoms with Crippen LogP contribution in [0.4, 0.5) is 0 Å². The van der Waals surface area contributed by atoms with E-state index >= 15 is 0 Å². The third kappa shape index (κ3) is 3.70. The van der Waals surface area contributed by atoms with E-state index in [-0.39, 0.29) is 6.04 Å². The van der Waals surface area contributed by atoms with E-state index in [0.29, 0.717) is 6.54 Å². The second-order valence-corrected chi connectivity index (χ2v) is 6.21. The van der Waals surface area contributed by atoms with Gasteiger partial charge in [0, 0.05) is 48.3 Å². The molecular formula is C14H21BrClN3. The summed E-state index contributed by atoms with van der Waals surface area (Å²) in [6.45, 7) is 8.28. The van der Waals surface area contributed by atoms with Gasteiger partial charge in [-0.05, 0) is 24.2 Å². The molecule has 0 aromatic heterocycles. The van der Waals surface area contributed by atoms with Gasteiger partial charge in [-0.3, -0.25) is 4.90 Å². The standard InChI is InChI=1S/C14H21BrClN3/c1-2-18-5-7-19(8-6-18)14(10-17)12-4-3-11(15)9-13(12)16/h3-4,9,14H,2,5-8,10,17H2,1H3. The molecular weight excluding hydrogens is 326 g/mol. The van der Waals surface area contributed by atoms with E-state index < -0.39 is 0 Å². The van der Waals surface area contributed by atoms with E-state index in [1.165, 1.54) is 0 Å². The summed E-state index contributed by atoms with van der Waals surface area (Å²) in [5, 5.41) is 0.794. The van der Waals surface area contributed by atoms with E-state index in [2.05, 4.69) is 38.7 Å². The summed E-state index contributed by atoms with van der Waals surface area (Å²) in [4.78, 5) is 4.91. The zero-order chi connectivity index (χ0) is 13.8. The fraction of sp³-hybridized carbons (Fsp3) is 0.571. The molecule has 0 aliphatic carbocycles. The minimum absolute atomic E-state index is 0.222. The van der Waals surface area contributed by atoms with Gasteiger partial charge in [-0.2, -0.15) is 0 Å². The highest BCUT2D eigenvalue weighted by Crippen LogP contribution is 2.30. The molecule has 19 heavy (non-hydrogen) atoms. The number of nitrogens with two attached hydrogens (primary N) is 1. The molecule has 0 radical (unpaired) electrons. The van der Waals surface area contributed by atoms with Gasteiger partial charge in [0.2, 0.25) is 0 Å². The van der Waals surface area contributed by atoms with Crippen LogP contribution in [0.2, 0.25) is 5.02 Å². The molecule has 1 atom stereocenters. The van der Waals surface area contributed by atoms with Crippen molar-refractivity contribution in [3.05, 3.63) is 33.3 Å². The van der Waals surface area contributed by atoms with Gasteiger partial charge in [0.15, 0.2) is 0 Å². The maximum absolute atomic E-state index is 6.36. The number of halogens is 2. The SMILES string of the molecule is CCN1CCN(C(CN)c2ccc(Br)cc2Cl)CC1. The molecule has 0 amide bonds. The maximum atomic E-state index is 6.36. The van der Waals surface area contributed by atoms with Crippen molar-refractivity contribution in [1.82, 2.24) is 9.80 Å². The van der Waals surface area contributed by atoms with Gasteiger partial charge in [0.25, 0.3) is 0 Å². The Morgan fingerprint density at radius 2 is 2.00 bits per heavy atom. The smallest absolute Gasteiger partial charge is 0.0486 e. The number of nitrogens with zero attached hydrogens (tertiary/aromatic N) is 2. The first kappa shape index (κ1) is 15.3. The average molecular weight is 347 g/mol. The van der Waals surface area contributed by atoms with Gasteiger partial charge in [-0.25, -0.2) is 0 Å². The summed E-state index contributed by atoms with van der Waals surface area (Å²) < 4.78 is 1.01. The summed E-state index contributed by atoms with van der Waals surface area (Å²) in [5.74, 6) is 0. The molecule has 0 bridgehead atoms. The van der Waals surface area contributed by atoms with Crippen LogP contribution in [0.5, 0.6) is 0 Å². The van der Waals surface area contributed by atoms with Crippen LogP contribution in [0.25, 0.3) is 0 Å².